The summed E-state index contributed by atoms with van der Waals surface area (Å²) >= 11 is 0. The monoisotopic (exact) mass is 354 g/mol. The van der Waals surface area contributed by atoms with Gasteiger partial charge in [0, 0.05) is 12.4 Å². The van der Waals surface area contributed by atoms with E-state index in [1.807, 2.05) is 51.2 Å². The van der Waals surface area contributed by atoms with Gasteiger partial charge in [-0.25, -0.2) is 9.48 Å². The number of nitrogens with zero attached hydrogens (tertiary/aromatic N) is 2. The molecule has 0 amide bonds. The number of aliphatic hydroxyl groups is 1. The number of carboxylic acids is 1. The van der Waals surface area contributed by atoms with Crippen LogP contribution < -0.4 is 0 Å². The third kappa shape index (κ3) is 3.51. The van der Waals surface area contributed by atoms with Crippen molar-refractivity contribution in [2.75, 3.05) is 0 Å². The summed E-state index contributed by atoms with van der Waals surface area (Å²) in [6.07, 6.45) is 2.71. The highest BCUT2D eigenvalue weighted by Gasteiger charge is 2.20. The fourth-order valence-corrected chi connectivity index (χ4v) is 3.17. The predicted molar refractivity (Wildman–Crippen MR) is 98.9 cm³/mol. The van der Waals surface area contributed by atoms with Gasteiger partial charge >= 0.3 is 5.97 Å². The normalized spacial score (nSPS) is 11.7. The molecule has 0 fully saturated rings. The van der Waals surface area contributed by atoms with Gasteiger partial charge in [-0.1, -0.05) is 6.07 Å². The van der Waals surface area contributed by atoms with E-state index in [1.54, 1.807) is 23.0 Å². The first-order valence-corrected chi connectivity index (χ1v) is 8.01. The number of hydrogen-bond acceptors (Lipinski definition) is 3. The molecule has 0 radical (unpaired) electrons. The molecule has 1 atom stereocenters. The molecule has 1 heterocycles. The van der Waals surface area contributed by atoms with Gasteiger partial charge in [-0.2, -0.15) is 5.10 Å². The lowest BCUT2D eigenvalue weighted by Crippen LogP contribution is -2.09. The molecular formula is C20H22N2O4. The highest BCUT2D eigenvalue weighted by atomic mass is 16.4. The molecule has 1 aromatic heterocycles. The van der Waals surface area contributed by atoms with Gasteiger partial charge in [-0.3, -0.25) is 0 Å². The lowest BCUT2D eigenvalue weighted by atomic mass is 9.89. The third-order valence-electron chi connectivity index (χ3n) is 4.44. The Morgan fingerprint density at radius 3 is 2.27 bits per heavy atom. The number of carboxylic acid groups (broad SMARTS) is 1. The van der Waals surface area contributed by atoms with Crippen LogP contribution in [0.4, 0.5) is 0 Å². The summed E-state index contributed by atoms with van der Waals surface area (Å²) in [4.78, 5) is 11.2. The first-order chi connectivity index (χ1) is 11.9. The molecule has 4 N–H and O–H groups in total. The van der Waals surface area contributed by atoms with Gasteiger partial charge in [0.25, 0.3) is 0 Å². The van der Waals surface area contributed by atoms with Crippen LogP contribution in [-0.4, -0.2) is 31.4 Å². The zero-order valence-corrected chi connectivity index (χ0v) is 14.9. The van der Waals surface area contributed by atoms with Crippen LogP contribution in [0.5, 0.6) is 0 Å². The molecular weight excluding hydrogens is 332 g/mol. The van der Waals surface area contributed by atoms with Crippen LogP contribution in [0.1, 0.15) is 44.3 Å². The lowest BCUT2D eigenvalue weighted by molar-refractivity contribution is 0.0696. The summed E-state index contributed by atoms with van der Waals surface area (Å²) in [6.45, 7) is 5.59. The molecule has 0 unspecified atom stereocenters. The molecule has 0 aliphatic heterocycles. The number of aromatic nitrogens is 2. The number of hydrogen-bond donors (Lipinski definition) is 2. The molecule has 136 valence electrons. The highest BCUT2D eigenvalue weighted by molar-refractivity contribution is 5.88. The van der Waals surface area contributed by atoms with E-state index in [0.29, 0.717) is 0 Å². The fourth-order valence-electron chi connectivity index (χ4n) is 3.17. The van der Waals surface area contributed by atoms with E-state index >= 15 is 0 Å². The van der Waals surface area contributed by atoms with E-state index in [-0.39, 0.29) is 11.0 Å². The summed E-state index contributed by atoms with van der Waals surface area (Å²) < 4.78 is 1.74. The van der Waals surface area contributed by atoms with Crippen LogP contribution in [0.25, 0.3) is 5.69 Å². The van der Waals surface area contributed by atoms with Crippen molar-refractivity contribution in [3.8, 4) is 5.69 Å². The van der Waals surface area contributed by atoms with E-state index < -0.39 is 12.1 Å². The van der Waals surface area contributed by atoms with Gasteiger partial charge in [-0.15, -0.1) is 0 Å². The Kier molecular flexibility index (Phi) is 5.59. The second kappa shape index (κ2) is 7.51. The molecule has 0 bridgehead atoms. The van der Waals surface area contributed by atoms with Gasteiger partial charge in [0.2, 0.25) is 0 Å². The first kappa shape index (κ1) is 19.4. The van der Waals surface area contributed by atoms with Crippen LogP contribution in [0.3, 0.4) is 0 Å². The minimum absolute atomic E-state index is 0. The van der Waals surface area contributed by atoms with E-state index in [9.17, 15) is 15.0 Å². The minimum Gasteiger partial charge on any atom is -0.478 e. The smallest absolute Gasteiger partial charge is 0.335 e. The van der Waals surface area contributed by atoms with Crippen LogP contribution in [0.2, 0.25) is 0 Å². The summed E-state index contributed by atoms with van der Waals surface area (Å²) in [6, 6.07) is 10.9. The maximum absolute atomic E-state index is 11.2. The van der Waals surface area contributed by atoms with E-state index in [1.165, 1.54) is 0 Å². The number of carbonyl (C=O) groups is 1. The molecule has 3 aromatic rings. The zero-order chi connectivity index (χ0) is 18.1. The highest BCUT2D eigenvalue weighted by Crippen LogP contribution is 2.31. The van der Waals surface area contributed by atoms with Crippen molar-refractivity contribution in [2.45, 2.75) is 26.9 Å². The van der Waals surface area contributed by atoms with Crippen molar-refractivity contribution in [1.82, 2.24) is 9.78 Å². The van der Waals surface area contributed by atoms with Crippen LogP contribution >= 0.6 is 0 Å². The van der Waals surface area contributed by atoms with Crippen molar-refractivity contribution in [1.29, 1.82) is 0 Å². The Hall–Kier alpha value is -2.96. The summed E-state index contributed by atoms with van der Waals surface area (Å²) in [5.74, 6) is -0.968. The van der Waals surface area contributed by atoms with E-state index in [4.69, 9.17) is 0 Å². The van der Waals surface area contributed by atoms with Crippen LogP contribution in [0.15, 0.2) is 48.8 Å². The first-order valence-electron chi connectivity index (χ1n) is 8.01. The van der Waals surface area contributed by atoms with Gasteiger partial charge in [0.05, 0.1) is 11.3 Å². The summed E-state index contributed by atoms with van der Waals surface area (Å²) in [7, 11) is 0. The fraction of sp³-hybridized carbons (Fsp3) is 0.200. The number of aromatic carboxylic acids is 1. The molecule has 0 aliphatic rings. The van der Waals surface area contributed by atoms with Gasteiger partial charge < -0.3 is 15.7 Å². The quantitative estimate of drug-likeness (QED) is 0.751. The second-order valence-corrected chi connectivity index (χ2v) is 6.22. The number of rotatable bonds is 4. The summed E-state index contributed by atoms with van der Waals surface area (Å²) in [5, 5.41) is 24.4. The Labute approximate surface area is 151 Å². The van der Waals surface area contributed by atoms with Crippen molar-refractivity contribution in [2.24, 2.45) is 0 Å². The predicted octanol–water partition coefficient (Wildman–Crippen LogP) is 2.75. The molecule has 3 rings (SSSR count). The second-order valence-electron chi connectivity index (χ2n) is 6.22. The Morgan fingerprint density at radius 1 is 1.08 bits per heavy atom. The maximum atomic E-state index is 11.2. The van der Waals surface area contributed by atoms with Crippen LogP contribution in [-0.2, 0) is 0 Å². The van der Waals surface area contributed by atoms with Crippen molar-refractivity contribution >= 4 is 5.97 Å². The number of aryl methyl sites for hydroxylation is 3. The Balaban J connectivity index is 0.00000243. The van der Waals surface area contributed by atoms with Crippen molar-refractivity contribution in [3.63, 3.8) is 0 Å². The van der Waals surface area contributed by atoms with Gasteiger partial charge in [0.1, 0.15) is 6.10 Å². The van der Waals surface area contributed by atoms with E-state index in [2.05, 4.69) is 5.10 Å². The minimum atomic E-state index is -0.968. The lowest BCUT2D eigenvalue weighted by Gasteiger charge is -2.20. The van der Waals surface area contributed by atoms with Gasteiger partial charge in [0.15, 0.2) is 0 Å². The van der Waals surface area contributed by atoms with Gasteiger partial charge in [-0.05, 0) is 78.9 Å². The standard InChI is InChI=1S/C20H20N2O3.H2O/c1-12-5-6-16(22-8-4-7-21-22)11-17(12)19(23)18-13(2)9-15(20(24)25)10-14(18)3;/h4-11,19,23H,1-3H3,(H,24,25);1H2/t19-;/m1./s1. The molecule has 26 heavy (non-hydrogen) atoms. The number of benzene rings is 2. The van der Waals surface area contributed by atoms with E-state index in [0.717, 1.165) is 33.5 Å². The Bertz CT molecular complexity index is 910. The Morgan fingerprint density at radius 2 is 1.73 bits per heavy atom. The third-order valence-corrected chi connectivity index (χ3v) is 4.44. The molecule has 0 saturated carbocycles. The molecule has 2 aromatic carbocycles. The summed E-state index contributed by atoms with van der Waals surface area (Å²) in [5.41, 5.74) is 5.09. The number of aliphatic hydroxyl groups excluding tert-OH is 1. The molecule has 6 nitrogen and oxygen atoms in total. The maximum Gasteiger partial charge on any atom is 0.335 e. The largest absolute Gasteiger partial charge is 0.478 e. The SMILES string of the molecule is Cc1ccc(-n2cccn2)cc1[C@@H](O)c1c(C)cc(C(=O)O)cc1C.O. The molecule has 6 heteroatoms. The van der Waals surface area contributed by atoms with Crippen molar-refractivity contribution < 1.29 is 20.5 Å². The van der Waals surface area contributed by atoms with Crippen LogP contribution in [0, 0.1) is 20.8 Å². The van der Waals surface area contributed by atoms with Crippen molar-refractivity contribution in [3.05, 3.63) is 82.2 Å². The molecule has 0 aliphatic carbocycles. The zero-order valence-electron chi connectivity index (χ0n) is 14.9. The average Bonchev–Trinajstić information content (AvgIpc) is 3.08. The molecule has 0 spiro atoms. The molecule has 0 saturated heterocycles. The average molecular weight is 354 g/mol. The topological polar surface area (TPSA) is 107 Å².